The fraction of sp³-hybridized carbons (Fsp3) is 0.522. The number of fused-ring (bicyclic) bond motifs is 2. The molecule has 0 aliphatic carbocycles. The van der Waals surface area contributed by atoms with E-state index in [-0.39, 0.29) is 5.91 Å². The third-order valence-electron chi connectivity index (χ3n) is 6.99. The second kappa shape index (κ2) is 7.28. The number of hydrogen-bond donors (Lipinski definition) is 0. The van der Waals surface area contributed by atoms with E-state index in [1.165, 1.54) is 31.5 Å². The summed E-state index contributed by atoms with van der Waals surface area (Å²) in [6.07, 6.45) is 7.51. The molecule has 5 heteroatoms. The molecule has 5 nitrogen and oxygen atoms in total. The van der Waals surface area contributed by atoms with Gasteiger partial charge in [0.1, 0.15) is 6.33 Å². The maximum atomic E-state index is 13.7. The van der Waals surface area contributed by atoms with E-state index in [0.717, 1.165) is 25.1 Å². The van der Waals surface area contributed by atoms with Crippen molar-refractivity contribution in [2.45, 2.75) is 50.6 Å². The predicted molar refractivity (Wildman–Crippen MR) is 108 cm³/mol. The van der Waals surface area contributed by atoms with E-state index in [9.17, 15) is 4.79 Å². The molecule has 0 spiro atoms. The van der Waals surface area contributed by atoms with Gasteiger partial charge >= 0.3 is 0 Å². The molecule has 2 aromatic rings. The molecule has 2 bridgehead atoms. The lowest BCUT2D eigenvalue weighted by molar-refractivity contribution is -0.00347. The maximum Gasteiger partial charge on any atom is 0.257 e. The van der Waals surface area contributed by atoms with Crippen molar-refractivity contribution in [1.29, 1.82) is 0 Å². The Kier molecular flexibility index (Phi) is 4.63. The van der Waals surface area contributed by atoms with E-state index in [0.29, 0.717) is 29.5 Å². The van der Waals surface area contributed by atoms with Gasteiger partial charge in [0.2, 0.25) is 0 Å². The zero-order valence-corrected chi connectivity index (χ0v) is 16.5. The van der Waals surface area contributed by atoms with E-state index in [4.69, 9.17) is 0 Å². The average Bonchev–Trinajstić information content (AvgIpc) is 3.18. The highest BCUT2D eigenvalue weighted by molar-refractivity contribution is 5.95. The molecule has 4 aliphatic heterocycles. The summed E-state index contributed by atoms with van der Waals surface area (Å²) in [6, 6.07) is 11.5. The number of piperidine rings is 3. The van der Waals surface area contributed by atoms with Crippen molar-refractivity contribution in [3.8, 4) is 0 Å². The van der Waals surface area contributed by atoms with Crippen molar-refractivity contribution in [2.24, 2.45) is 5.92 Å². The highest BCUT2D eigenvalue weighted by Crippen LogP contribution is 2.46. The Hall–Kier alpha value is -2.27. The summed E-state index contributed by atoms with van der Waals surface area (Å²) in [5.74, 6) is 1.13. The van der Waals surface area contributed by atoms with Crippen LogP contribution in [0.15, 0.2) is 42.9 Å². The molecule has 28 heavy (non-hydrogen) atoms. The van der Waals surface area contributed by atoms with Crippen LogP contribution >= 0.6 is 0 Å². The molecule has 1 aromatic carbocycles. The molecule has 3 atom stereocenters. The number of benzene rings is 1. The summed E-state index contributed by atoms with van der Waals surface area (Å²) in [6.45, 7) is 5.27. The summed E-state index contributed by atoms with van der Waals surface area (Å²) in [5, 5.41) is 0. The molecule has 6 rings (SSSR count). The van der Waals surface area contributed by atoms with Crippen LogP contribution < -0.4 is 0 Å². The van der Waals surface area contributed by atoms with Crippen molar-refractivity contribution in [3.63, 3.8) is 0 Å². The number of aromatic nitrogens is 2. The van der Waals surface area contributed by atoms with Gasteiger partial charge < -0.3 is 4.90 Å². The van der Waals surface area contributed by atoms with Crippen molar-refractivity contribution in [2.75, 3.05) is 19.6 Å². The number of likely N-dealkylation sites (tertiary alicyclic amines) is 1. The van der Waals surface area contributed by atoms with Gasteiger partial charge in [0, 0.05) is 24.7 Å². The summed E-state index contributed by atoms with van der Waals surface area (Å²) in [4.78, 5) is 27.1. The zero-order valence-electron chi connectivity index (χ0n) is 16.5. The quantitative estimate of drug-likeness (QED) is 0.823. The lowest BCUT2D eigenvalue weighted by atomic mass is 9.75. The monoisotopic (exact) mass is 376 g/mol. The summed E-state index contributed by atoms with van der Waals surface area (Å²) in [7, 11) is 0. The summed E-state index contributed by atoms with van der Waals surface area (Å²) < 4.78 is 0. The first-order chi connectivity index (χ1) is 13.8. The molecule has 4 aliphatic rings. The topological polar surface area (TPSA) is 49.3 Å². The third-order valence-corrected chi connectivity index (χ3v) is 6.99. The van der Waals surface area contributed by atoms with Gasteiger partial charge in [0.15, 0.2) is 0 Å². The lowest BCUT2D eigenvalue weighted by Gasteiger charge is -2.51. The highest BCUT2D eigenvalue weighted by Gasteiger charge is 2.54. The van der Waals surface area contributed by atoms with Gasteiger partial charge in [-0.3, -0.25) is 9.69 Å². The highest BCUT2D eigenvalue weighted by atomic mass is 16.2. The standard InChI is InChI=1S/C23H28N4O/c1-2-6-20-18(13-24-15-25-20)23(28)27-14-19(16-7-4-3-5-8-16)22-21(27)17-9-11-26(22)12-10-17/h3-5,7-8,13,15,17,19,21-22H,2,6,9-12,14H2,1H3/t19-,21-,22-/m1/s1. The lowest BCUT2D eigenvalue weighted by Crippen LogP contribution is -2.60. The van der Waals surface area contributed by atoms with Crippen molar-refractivity contribution in [3.05, 3.63) is 59.7 Å². The average molecular weight is 377 g/mol. The molecule has 1 aromatic heterocycles. The van der Waals surface area contributed by atoms with E-state index in [2.05, 4.69) is 57.0 Å². The van der Waals surface area contributed by atoms with Crippen LogP contribution in [0.2, 0.25) is 0 Å². The Bertz CT molecular complexity index is 847. The van der Waals surface area contributed by atoms with E-state index in [1.54, 1.807) is 12.5 Å². The number of aryl methyl sites for hydroxylation is 1. The normalized spacial score (nSPS) is 31.0. The third kappa shape index (κ3) is 2.84. The van der Waals surface area contributed by atoms with Crippen LogP contribution in [0.4, 0.5) is 0 Å². The Morgan fingerprint density at radius 2 is 1.93 bits per heavy atom. The summed E-state index contributed by atoms with van der Waals surface area (Å²) in [5.41, 5.74) is 2.95. The number of carbonyl (C=O) groups is 1. The Morgan fingerprint density at radius 1 is 1.14 bits per heavy atom. The first-order valence-corrected chi connectivity index (χ1v) is 10.7. The van der Waals surface area contributed by atoms with Crippen LogP contribution in [0.3, 0.4) is 0 Å². The largest absolute Gasteiger partial charge is 0.333 e. The maximum absolute atomic E-state index is 13.7. The minimum absolute atomic E-state index is 0.131. The molecule has 146 valence electrons. The second-order valence-corrected chi connectivity index (χ2v) is 8.46. The van der Waals surface area contributed by atoms with E-state index < -0.39 is 0 Å². The van der Waals surface area contributed by atoms with Crippen molar-refractivity contribution < 1.29 is 4.79 Å². The van der Waals surface area contributed by atoms with Gasteiger partial charge in [-0.25, -0.2) is 9.97 Å². The first kappa shape index (κ1) is 17.8. The van der Waals surface area contributed by atoms with Gasteiger partial charge in [-0.1, -0.05) is 43.7 Å². The molecular weight excluding hydrogens is 348 g/mol. The molecule has 4 fully saturated rings. The van der Waals surface area contributed by atoms with Gasteiger partial charge in [-0.15, -0.1) is 0 Å². The van der Waals surface area contributed by atoms with Crippen LogP contribution in [0.1, 0.15) is 53.7 Å². The fourth-order valence-electron chi connectivity index (χ4n) is 5.77. The van der Waals surface area contributed by atoms with E-state index in [1.807, 2.05) is 0 Å². The molecule has 0 unspecified atom stereocenters. The second-order valence-electron chi connectivity index (χ2n) is 8.46. The van der Waals surface area contributed by atoms with Crippen LogP contribution in [-0.4, -0.2) is 57.4 Å². The fourth-order valence-corrected chi connectivity index (χ4v) is 5.77. The minimum Gasteiger partial charge on any atom is -0.333 e. The molecule has 0 N–H and O–H groups in total. The number of rotatable bonds is 4. The predicted octanol–water partition coefficient (Wildman–Crippen LogP) is 3.13. The summed E-state index contributed by atoms with van der Waals surface area (Å²) >= 11 is 0. The van der Waals surface area contributed by atoms with Crippen LogP contribution in [-0.2, 0) is 6.42 Å². The van der Waals surface area contributed by atoms with Crippen molar-refractivity contribution in [1.82, 2.24) is 19.8 Å². The number of amides is 1. The zero-order chi connectivity index (χ0) is 19.1. The first-order valence-electron chi connectivity index (χ1n) is 10.7. The van der Waals surface area contributed by atoms with Crippen LogP contribution in [0.25, 0.3) is 0 Å². The Labute approximate surface area is 166 Å². The van der Waals surface area contributed by atoms with Gasteiger partial charge in [-0.2, -0.15) is 0 Å². The number of hydrogen-bond acceptors (Lipinski definition) is 4. The molecule has 5 heterocycles. The smallest absolute Gasteiger partial charge is 0.257 e. The molecular formula is C23H28N4O. The molecule has 4 saturated heterocycles. The SMILES string of the molecule is CCCc1ncncc1C(=O)N1C[C@H](c2ccccc2)[C@@H]2[C@H]1C1CCN2CC1. The van der Waals surface area contributed by atoms with Gasteiger partial charge in [0.25, 0.3) is 5.91 Å². The Morgan fingerprint density at radius 3 is 2.68 bits per heavy atom. The Balaban J connectivity index is 1.52. The van der Waals surface area contributed by atoms with Crippen LogP contribution in [0, 0.1) is 5.92 Å². The number of carbonyl (C=O) groups excluding carboxylic acids is 1. The van der Waals surface area contributed by atoms with Crippen molar-refractivity contribution >= 4 is 5.91 Å². The van der Waals surface area contributed by atoms with Gasteiger partial charge in [-0.05, 0) is 43.8 Å². The minimum atomic E-state index is 0.131. The van der Waals surface area contributed by atoms with Gasteiger partial charge in [0.05, 0.1) is 17.3 Å². The van der Waals surface area contributed by atoms with E-state index >= 15 is 0 Å². The molecule has 0 radical (unpaired) electrons. The molecule has 0 saturated carbocycles. The molecule has 1 amide bonds. The number of nitrogens with zero attached hydrogens (tertiary/aromatic N) is 4. The van der Waals surface area contributed by atoms with Crippen LogP contribution in [0.5, 0.6) is 0 Å².